The van der Waals surface area contributed by atoms with Crippen LogP contribution >= 0.6 is 35.2 Å². The summed E-state index contributed by atoms with van der Waals surface area (Å²) in [6, 6.07) is 5.18. The predicted molar refractivity (Wildman–Crippen MR) is 80.5 cm³/mol. The van der Waals surface area contributed by atoms with Gasteiger partial charge in [-0.3, -0.25) is 9.36 Å². The van der Waals surface area contributed by atoms with E-state index in [2.05, 4.69) is 4.99 Å². The number of fused-ring (bicyclic) bond motifs is 1. The van der Waals surface area contributed by atoms with Crippen molar-refractivity contribution >= 4 is 52.8 Å². The molecule has 1 aliphatic rings. The highest BCUT2D eigenvalue weighted by atomic mass is 35.5. The Labute approximate surface area is 137 Å². The van der Waals surface area contributed by atoms with Crippen molar-refractivity contribution in [3.63, 3.8) is 0 Å². The fraction of sp³-hybridized carbons (Fsp3) is 0.0769. The molecular weight excluding hydrogens is 348 g/mol. The molecule has 0 fully saturated rings. The third kappa shape index (κ3) is 2.65. The van der Waals surface area contributed by atoms with Crippen molar-refractivity contribution in [2.75, 3.05) is 0 Å². The Hall–Kier alpha value is -2.12. The Balaban J connectivity index is 0.000000545. The van der Waals surface area contributed by atoms with Gasteiger partial charge in [0.25, 0.3) is 5.91 Å². The molecule has 1 aromatic carbocycles. The standard InChI is InChI=1S/C12H7ClN2O2S2.CO2/c1-15-11(17)9(19-12(15)18)7-5-3-2-4-6(13)8(5)14-10(7)16;2-1-3/h2-4,17H,1H3;. The largest absolute Gasteiger partial charge is 0.493 e. The van der Waals surface area contributed by atoms with Crippen LogP contribution in [0.4, 0.5) is 0 Å². The number of rotatable bonds is 1. The number of halogens is 1. The van der Waals surface area contributed by atoms with Crippen LogP contribution in [0.25, 0.3) is 5.57 Å². The third-order valence-electron chi connectivity index (χ3n) is 2.89. The van der Waals surface area contributed by atoms with Gasteiger partial charge in [-0.05, 0) is 18.3 Å². The quantitative estimate of drug-likeness (QED) is 0.770. The lowest BCUT2D eigenvalue weighted by atomic mass is 10.1. The zero-order valence-electron chi connectivity index (χ0n) is 11.0. The molecule has 0 saturated heterocycles. The molecule has 0 atom stereocenters. The number of nitrogens with zero attached hydrogens (tertiary/aromatic N) is 2. The first-order valence-corrected chi connectivity index (χ1v) is 7.33. The minimum absolute atomic E-state index is 0.0265. The first kappa shape index (κ1) is 16.3. The van der Waals surface area contributed by atoms with Crippen molar-refractivity contribution in [3.8, 4) is 5.88 Å². The molecule has 3 rings (SSSR count). The summed E-state index contributed by atoms with van der Waals surface area (Å²) in [6.07, 6.45) is 0.250. The van der Waals surface area contributed by atoms with Crippen LogP contribution in [0.5, 0.6) is 5.88 Å². The molecule has 1 amide bonds. The second-order valence-electron chi connectivity index (χ2n) is 4.09. The number of aromatic hydroxyl groups is 1. The summed E-state index contributed by atoms with van der Waals surface area (Å²) in [7, 11) is 1.65. The van der Waals surface area contributed by atoms with Gasteiger partial charge in [0.1, 0.15) is 4.88 Å². The molecule has 0 radical (unpaired) electrons. The first-order valence-electron chi connectivity index (χ1n) is 5.72. The molecule has 1 aliphatic heterocycles. The molecule has 0 spiro atoms. The molecule has 0 saturated carbocycles. The van der Waals surface area contributed by atoms with E-state index < -0.39 is 5.91 Å². The number of thiazole rings is 1. The summed E-state index contributed by atoms with van der Waals surface area (Å²) in [5.41, 5.74) is 0.353. The Morgan fingerprint density at radius 3 is 2.59 bits per heavy atom. The fourth-order valence-electron chi connectivity index (χ4n) is 1.93. The summed E-state index contributed by atoms with van der Waals surface area (Å²) < 4.78 is 1.95. The van der Waals surface area contributed by atoms with Crippen molar-refractivity contribution in [1.29, 1.82) is 0 Å². The van der Waals surface area contributed by atoms with Crippen LogP contribution in [0.15, 0.2) is 23.2 Å². The van der Waals surface area contributed by atoms with E-state index in [1.165, 1.54) is 15.9 Å². The zero-order chi connectivity index (χ0) is 16.4. The van der Waals surface area contributed by atoms with Crippen LogP contribution in [0.1, 0.15) is 4.88 Å². The fourth-order valence-corrected chi connectivity index (χ4v) is 3.40. The normalized spacial score (nSPS) is 12.1. The third-order valence-corrected chi connectivity index (χ3v) is 4.76. The lowest BCUT2D eigenvalue weighted by Gasteiger charge is -1.98. The molecular formula is C13H7ClN2O4S2. The summed E-state index contributed by atoms with van der Waals surface area (Å²) >= 11 is 12.3. The molecule has 0 aliphatic carbocycles. The second kappa shape index (κ2) is 6.33. The second-order valence-corrected chi connectivity index (χ2v) is 6.14. The highest BCUT2D eigenvalue weighted by molar-refractivity contribution is 7.73. The predicted octanol–water partition coefficient (Wildman–Crippen LogP) is 0.950. The number of benzene rings is 1. The molecule has 0 unspecified atom stereocenters. The summed E-state index contributed by atoms with van der Waals surface area (Å²) in [5, 5.41) is 11.5. The number of carbonyl (C=O) groups excluding carboxylic acids is 3. The molecule has 6 nitrogen and oxygen atoms in total. The topological polar surface area (TPSA) is 88.7 Å². The Bertz CT molecular complexity index is 984. The molecule has 1 N–H and O–H groups in total. The van der Waals surface area contributed by atoms with Gasteiger partial charge in [0.05, 0.1) is 16.0 Å². The molecule has 0 bridgehead atoms. The van der Waals surface area contributed by atoms with Gasteiger partial charge in [0.15, 0.2) is 3.95 Å². The number of para-hydroxylation sites is 1. The molecule has 2 aromatic rings. The average molecular weight is 355 g/mol. The molecule has 1 aromatic heterocycles. The number of aromatic nitrogens is 1. The molecule has 2 heterocycles. The van der Waals surface area contributed by atoms with E-state index in [0.29, 0.717) is 30.0 Å². The minimum atomic E-state index is -0.407. The summed E-state index contributed by atoms with van der Waals surface area (Å²) in [5.74, 6) is -0.434. The maximum atomic E-state index is 12.0. The van der Waals surface area contributed by atoms with Crippen LogP contribution < -0.4 is 10.6 Å². The van der Waals surface area contributed by atoms with Crippen molar-refractivity contribution in [2.45, 2.75) is 0 Å². The van der Waals surface area contributed by atoms with E-state index in [1.807, 2.05) is 0 Å². The highest BCUT2D eigenvalue weighted by Gasteiger charge is 2.25. The Morgan fingerprint density at radius 1 is 1.41 bits per heavy atom. The van der Waals surface area contributed by atoms with Gasteiger partial charge in [-0.1, -0.05) is 23.7 Å². The van der Waals surface area contributed by atoms with Gasteiger partial charge in [-0.15, -0.1) is 11.3 Å². The lowest BCUT2D eigenvalue weighted by molar-refractivity contribution is -0.191. The van der Waals surface area contributed by atoms with E-state index in [4.69, 9.17) is 33.4 Å². The monoisotopic (exact) mass is 354 g/mol. The molecule has 22 heavy (non-hydrogen) atoms. The zero-order valence-corrected chi connectivity index (χ0v) is 13.4. The number of hydrogen-bond acceptors (Lipinski definition) is 6. The van der Waals surface area contributed by atoms with E-state index in [9.17, 15) is 9.90 Å². The average Bonchev–Trinajstić information content (AvgIpc) is 2.92. The molecule has 9 heteroatoms. The lowest BCUT2D eigenvalue weighted by Crippen LogP contribution is -2.23. The molecule has 112 valence electrons. The van der Waals surface area contributed by atoms with Gasteiger partial charge in [-0.2, -0.15) is 9.59 Å². The van der Waals surface area contributed by atoms with Gasteiger partial charge in [-0.25, -0.2) is 4.99 Å². The van der Waals surface area contributed by atoms with E-state index in [0.717, 1.165) is 0 Å². The minimum Gasteiger partial charge on any atom is -0.493 e. The van der Waals surface area contributed by atoms with Crippen molar-refractivity contribution in [2.24, 2.45) is 12.0 Å². The van der Waals surface area contributed by atoms with Crippen LogP contribution in [-0.4, -0.2) is 21.7 Å². The van der Waals surface area contributed by atoms with Crippen molar-refractivity contribution < 1.29 is 19.5 Å². The number of carbonyl (C=O) groups is 1. The maximum Gasteiger partial charge on any atom is 0.373 e. The van der Waals surface area contributed by atoms with E-state index >= 15 is 0 Å². The highest BCUT2D eigenvalue weighted by Crippen LogP contribution is 2.31. The number of amides is 1. The van der Waals surface area contributed by atoms with Crippen LogP contribution in [-0.2, 0) is 21.4 Å². The first-order chi connectivity index (χ1) is 10.4. The summed E-state index contributed by atoms with van der Waals surface area (Å²) in [6.45, 7) is 0. The van der Waals surface area contributed by atoms with Crippen molar-refractivity contribution in [1.82, 2.24) is 4.57 Å². The van der Waals surface area contributed by atoms with Crippen LogP contribution in [0, 0.1) is 3.95 Å². The number of hydrogen-bond donors (Lipinski definition) is 1. The van der Waals surface area contributed by atoms with Crippen LogP contribution in [0.2, 0.25) is 5.02 Å². The van der Waals surface area contributed by atoms with Gasteiger partial charge in [0.2, 0.25) is 5.88 Å². The Kier molecular flexibility index (Phi) is 4.68. The van der Waals surface area contributed by atoms with E-state index in [-0.39, 0.29) is 12.0 Å². The van der Waals surface area contributed by atoms with E-state index in [1.54, 1.807) is 25.2 Å². The van der Waals surface area contributed by atoms with Crippen molar-refractivity contribution in [3.05, 3.63) is 42.6 Å². The van der Waals surface area contributed by atoms with Gasteiger partial charge < -0.3 is 5.11 Å². The van der Waals surface area contributed by atoms with Gasteiger partial charge in [0, 0.05) is 12.3 Å². The van der Waals surface area contributed by atoms with Gasteiger partial charge >= 0.3 is 6.15 Å². The smallest absolute Gasteiger partial charge is 0.373 e. The summed E-state index contributed by atoms with van der Waals surface area (Å²) in [4.78, 5) is 32.7. The maximum absolute atomic E-state index is 12.0. The van der Waals surface area contributed by atoms with Crippen LogP contribution in [0.3, 0.4) is 0 Å². The Morgan fingerprint density at radius 2 is 2.05 bits per heavy atom. The SMILES string of the molecule is Cn1c(O)c(C2=c3cccc(Cl)c3=NC2=O)sc1=S.O=C=O.